The number of nitrogens with zero attached hydrogens (tertiary/aromatic N) is 1. The van der Waals surface area contributed by atoms with E-state index in [1.165, 1.54) is 6.21 Å². The summed E-state index contributed by atoms with van der Waals surface area (Å²) >= 11 is 0. The number of benzene rings is 2. The van der Waals surface area contributed by atoms with Gasteiger partial charge >= 0.3 is 5.97 Å². The second-order valence-corrected chi connectivity index (χ2v) is 6.27. The van der Waals surface area contributed by atoms with E-state index in [1.54, 1.807) is 55.5 Å². The summed E-state index contributed by atoms with van der Waals surface area (Å²) in [6.45, 7) is 2.20. The van der Waals surface area contributed by atoms with E-state index in [4.69, 9.17) is 18.6 Å². The maximum atomic E-state index is 12.2. The first kappa shape index (κ1) is 19.3. The van der Waals surface area contributed by atoms with Gasteiger partial charge in [0.15, 0.2) is 11.5 Å². The normalized spacial score (nSPS) is 12.2. The highest BCUT2D eigenvalue weighted by Crippen LogP contribution is 2.32. The Morgan fingerprint density at radius 3 is 2.80 bits per heavy atom. The van der Waals surface area contributed by atoms with Gasteiger partial charge in [-0.25, -0.2) is 10.2 Å². The van der Waals surface area contributed by atoms with Crippen LogP contribution in [0.1, 0.15) is 33.4 Å². The molecule has 0 saturated heterocycles. The van der Waals surface area contributed by atoms with E-state index in [0.29, 0.717) is 40.8 Å². The van der Waals surface area contributed by atoms with Crippen molar-refractivity contribution in [3.63, 3.8) is 0 Å². The lowest BCUT2D eigenvalue weighted by molar-refractivity contribution is 0.0526. The number of hydrogen-bond acceptors (Lipinski definition) is 7. The molecule has 1 amide bonds. The molecule has 2 aromatic carbocycles. The molecule has 8 heteroatoms. The molecule has 1 aromatic heterocycles. The van der Waals surface area contributed by atoms with E-state index in [0.717, 1.165) is 5.56 Å². The van der Waals surface area contributed by atoms with Crippen LogP contribution in [0.4, 0.5) is 0 Å². The van der Waals surface area contributed by atoms with Crippen molar-refractivity contribution in [1.82, 2.24) is 5.43 Å². The van der Waals surface area contributed by atoms with Crippen molar-refractivity contribution in [2.75, 3.05) is 13.4 Å². The molecule has 1 aliphatic heterocycles. The molecule has 0 unspecified atom stereocenters. The zero-order valence-corrected chi connectivity index (χ0v) is 16.1. The van der Waals surface area contributed by atoms with E-state index < -0.39 is 5.91 Å². The van der Waals surface area contributed by atoms with Gasteiger partial charge in [-0.1, -0.05) is 12.1 Å². The van der Waals surface area contributed by atoms with Gasteiger partial charge in [-0.05, 0) is 49.4 Å². The summed E-state index contributed by atoms with van der Waals surface area (Å²) in [6, 6.07) is 15.3. The minimum absolute atomic E-state index is 0.141. The Kier molecular flexibility index (Phi) is 5.47. The molecule has 0 atom stereocenters. The maximum Gasteiger partial charge on any atom is 0.338 e. The number of carbonyl (C=O) groups excluding carboxylic acids is 2. The molecule has 8 nitrogen and oxygen atoms in total. The Morgan fingerprint density at radius 2 is 1.93 bits per heavy atom. The number of ether oxygens (including phenoxy) is 3. The van der Waals surface area contributed by atoms with Gasteiger partial charge in [-0.15, -0.1) is 0 Å². The molecular weight excluding hydrogens is 388 g/mol. The van der Waals surface area contributed by atoms with Crippen molar-refractivity contribution < 1.29 is 28.2 Å². The number of carbonyl (C=O) groups is 2. The van der Waals surface area contributed by atoms with Crippen LogP contribution in [0.3, 0.4) is 0 Å². The number of nitrogens with one attached hydrogen (secondary N) is 1. The smallest absolute Gasteiger partial charge is 0.338 e. The highest BCUT2D eigenvalue weighted by atomic mass is 16.7. The van der Waals surface area contributed by atoms with Crippen molar-refractivity contribution in [3.8, 4) is 22.8 Å². The quantitative estimate of drug-likeness (QED) is 0.381. The van der Waals surface area contributed by atoms with E-state index in [2.05, 4.69) is 10.5 Å². The van der Waals surface area contributed by atoms with Gasteiger partial charge in [0.1, 0.15) is 11.5 Å². The van der Waals surface area contributed by atoms with Gasteiger partial charge in [0, 0.05) is 11.1 Å². The van der Waals surface area contributed by atoms with Crippen LogP contribution in [-0.2, 0) is 4.74 Å². The summed E-state index contributed by atoms with van der Waals surface area (Å²) in [5.41, 5.74) is 4.00. The summed E-state index contributed by atoms with van der Waals surface area (Å²) < 4.78 is 21.2. The molecule has 0 saturated carbocycles. The van der Waals surface area contributed by atoms with Gasteiger partial charge in [0.25, 0.3) is 5.91 Å². The largest absolute Gasteiger partial charge is 0.462 e. The van der Waals surface area contributed by atoms with Crippen LogP contribution < -0.4 is 14.9 Å². The third-order valence-electron chi connectivity index (χ3n) is 4.28. The molecule has 1 N–H and O–H groups in total. The van der Waals surface area contributed by atoms with Crippen LogP contribution >= 0.6 is 0 Å². The van der Waals surface area contributed by atoms with E-state index in [9.17, 15) is 9.59 Å². The minimum atomic E-state index is -0.390. The van der Waals surface area contributed by atoms with Crippen LogP contribution in [0.25, 0.3) is 11.3 Å². The lowest BCUT2D eigenvalue weighted by Gasteiger charge is -2.03. The molecule has 152 valence electrons. The lowest BCUT2D eigenvalue weighted by Crippen LogP contribution is -2.17. The van der Waals surface area contributed by atoms with Crippen LogP contribution in [0.5, 0.6) is 11.5 Å². The number of hydrazone groups is 1. The van der Waals surface area contributed by atoms with Crippen molar-refractivity contribution in [1.29, 1.82) is 0 Å². The highest BCUT2D eigenvalue weighted by molar-refractivity contribution is 5.95. The Labute approximate surface area is 172 Å². The lowest BCUT2D eigenvalue weighted by atomic mass is 10.1. The summed E-state index contributed by atoms with van der Waals surface area (Å²) in [7, 11) is 0. The molecular formula is C22H18N2O6. The summed E-state index contributed by atoms with van der Waals surface area (Å²) in [4.78, 5) is 24.1. The fourth-order valence-corrected chi connectivity index (χ4v) is 2.85. The monoisotopic (exact) mass is 406 g/mol. The summed E-state index contributed by atoms with van der Waals surface area (Å²) in [5.74, 6) is 1.34. The van der Waals surface area contributed by atoms with Crippen LogP contribution in [-0.4, -0.2) is 31.5 Å². The average Bonchev–Trinajstić information content (AvgIpc) is 3.43. The van der Waals surface area contributed by atoms with Crippen LogP contribution in [0.2, 0.25) is 0 Å². The molecule has 0 aliphatic carbocycles. The Hall–Kier alpha value is -4.07. The Balaban J connectivity index is 1.41. The first-order chi connectivity index (χ1) is 14.6. The third-order valence-corrected chi connectivity index (χ3v) is 4.28. The molecule has 30 heavy (non-hydrogen) atoms. The van der Waals surface area contributed by atoms with E-state index in [-0.39, 0.29) is 12.8 Å². The molecule has 0 spiro atoms. The zero-order chi connectivity index (χ0) is 20.9. The van der Waals surface area contributed by atoms with Crippen molar-refractivity contribution >= 4 is 18.1 Å². The number of rotatable bonds is 6. The Morgan fingerprint density at radius 1 is 1.07 bits per heavy atom. The van der Waals surface area contributed by atoms with Gasteiger partial charge in [-0.2, -0.15) is 5.10 Å². The second-order valence-electron chi connectivity index (χ2n) is 6.27. The molecule has 4 rings (SSSR count). The van der Waals surface area contributed by atoms with Crippen molar-refractivity contribution in [2.45, 2.75) is 6.92 Å². The summed E-state index contributed by atoms with van der Waals surface area (Å²) in [5, 5.41) is 3.92. The molecule has 1 aliphatic rings. The van der Waals surface area contributed by atoms with Crippen LogP contribution in [0, 0.1) is 0 Å². The number of hydrogen-bond donors (Lipinski definition) is 1. The van der Waals surface area contributed by atoms with E-state index >= 15 is 0 Å². The predicted octanol–water partition coefficient (Wildman–Crippen LogP) is 3.62. The molecule has 3 aromatic rings. The van der Waals surface area contributed by atoms with Gasteiger partial charge in [0.05, 0.1) is 18.4 Å². The fourth-order valence-electron chi connectivity index (χ4n) is 2.85. The highest BCUT2D eigenvalue weighted by Gasteiger charge is 2.16. The van der Waals surface area contributed by atoms with Crippen molar-refractivity contribution in [3.05, 3.63) is 71.5 Å². The molecule has 0 bridgehead atoms. The topological polar surface area (TPSA) is 99.4 Å². The number of fused-ring (bicyclic) bond motifs is 1. The van der Waals surface area contributed by atoms with Gasteiger partial charge in [0.2, 0.25) is 6.79 Å². The number of amides is 1. The van der Waals surface area contributed by atoms with E-state index in [1.807, 2.05) is 6.07 Å². The number of furan rings is 1. The first-order valence-corrected chi connectivity index (χ1v) is 9.24. The maximum absolute atomic E-state index is 12.2. The second kappa shape index (κ2) is 8.52. The Bertz CT molecular complexity index is 1120. The predicted molar refractivity (Wildman–Crippen MR) is 108 cm³/mol. The molecule has 0 radical (unpaired) electrons. The van der Waals surface area contributed by atoms with Gasteiger partial charge < -0.3 is 18.6 Å². The zero-order valence-electron chi connectivity index (χ0n) is 16.1. The van der Waals surface area contributed by atoms with Crippen molar-refractivity contribution in [2.24, 2.45) is 5.10 Å². The van der Waals surface area contributed by atoms with Crippen LogP contribution in [0.15, 0.2) is 64.1 Å². The number of esters is 1. The fraction of sp³-hybridized carbons (Fsp3) is 0.136. The SMILES string of the molecule is CCOC(=O)c1cccc(-c2ccc(C=NNC(=O)c3ccc4c(c3)OCO4)o2)c1. The minimum Gasteiger partial charge on any atom is -0.462 e. The van der Waals surface area contributed by atoms with Gasteiger partial charge in [-0.3, -0.25) is 4.79 Å². The molecule has 2 heterocycles. The third kappa shape index (κ3) is 4.17. The first-order valence-electron chi connectivity index (χ1n) is 9.24. The molecule has 0 fully saturated rings. The standard InChI is InChI=1S/C22H18N2O6/c1-2-27-22(26)16-5-3-4-14(10-16)18-9-7-17(30-18)12-23-24-21(25)15-6-8-19-20(11-15)29-13-28-19/h3-12H,2,13H2,1H3,(H,24,25). The average molecular weight is 406 g/mol. The summed E-state index contributed by atoms with van der Waals surface area (Å²) in [6.07, 6.45) is 1.39.